The van der Waals surface area contributed by atoms with Crippen LogP contribution in [0.5, 0.6) is 0 Å². The summed E-state index contributed by atoms with van der Waals surface area (Å²) in [6.45, 7) is 4.54. The van der Waals surface area contributed by atoms with E-state index in [1.54, 1.807) is 35.2 Å². The Kier molecular flexibility index (Phi) is 10.9. The number of quaternary nitrogens is 1. The lowest BCUT2D eigenvalue weighted by molar-refractivity contribution is -0.373. The number of carbonyl (C=O) groups excluding carboxylic acids is 2. The third-order valence-electron chi connectivity index (χ3n) is 5.71. The third kappa shape index (κ3) is 7.56. The molecule has 1 aromatic heterocycles. The highest BCUT2D eigenvalue weighted by atomic mass is 35.5. The summed E-state index contributed by atoms with van der Waals surface area (Å²) in [5.41, 5.74) is 5.70. The van der Waals surface area contributed by atoms with E-state index in [-0.39, 0.29) is 22.7 Å². The van der Waals surface area contributed by atoms with Crippen molar-refractivity contribution in [1.82, 2.24) is 0 Å². The summed E-state index contributed by atoms with van der Waals surface area (Å²) >= 11 is 7.50. The van der Waals surface area contributed by atoms with Gasteiger partial charge < -0.3 is 20.7 Å². The minimum Gasteiger partial charge on any atom is -0.542 e. The van der Waals surface area contributed by atoms with Crippen molar-refractivity contribution < 1.29 is 43.5 Å². The highest BCUT2D eigenvalue weighted by Crippen LogP contribution is 2.39. The highest BCUT2D eigenvalue weighted by molar-refractivity contribution is 7.18. The molecule has 1 amide bonds. The number of nitrogens with zero attached hydrogens (tertiary/aromatic N) is 1. The monoisotopic (exact) mass is 570 g/mol. The standard InChI is InChI=1S/C24H25ClN2O3S.C2HF3O2/c1-3-15(2)20(14-26)27(23(28)17-11-7-8-12-18(17)25)19-13-21(31-22(19)24(29)30)16-9-5-4-6-10-16;3-2(4,5)1(6)7/h4-13,15,20H,3,14,26H2,1-2H3,(H,29,30);(H,6,7). The van der Waals surface area contributed by atoms with Gasteiger partial charge in [0.1, 0.15) is 10.8 Å². The maximum atomic E-state index is 13.7. The fraction of sp³-hybridized carbons (Fsp3) is 0.269. The zero-order chi connectivity index (χ0) is 28.6. The minimum absolute atomic E-state index is 0.116. The van der Waals surface area contributed by atoms with Crippen LogP contribution in [0.3, 0.4) is 0 Å². The molecule has 3 aromatic rings. The molecule has 12 heteroatoms. The fourth-order valence-electron chi connectivity index (χ4n) is 3.60. The van der Waals surface area contributed by atoms with Crippen LogP contribution in [0.25, 0.3) is 10.4 Å². The van der Waals surface area contributed by atoms with Crippen molar-refractivity contribution >= 4 is 46.5 Å². The van der Waals surface area contributed by atoms with Gasteiger partial charge in [-0.2, -0.15) is 13.2 Å². The van der Waals surface area contributed by atoms with E-state index in [4.69, 9.17) is 21.5 Å². The van der Waals surface area contributed by atoms with Gasteiger partial charge in [-0.3, -0.25) is 9.69 Å². The fourth-order valence-corrected chi connectivity index (χ4v) is 4.81. The lowest BCUT2D eigenvalue weighted by Gasteiger charge is -2.33. The Bertz CT molecular complexity index is 1270. The number of aromatic carboxylic acids is 1. The van der Waals surface area contributed by atoms with Gasteiger partial charge in [0.15, 0.2) is 0 Å². The van der Waals surface area contributed by atoms with Gasteiger partial charge in [-0.1, -0.05) is 74.3 Å². The Morgan fingerprint density at radius 3 is 2.13 bits per heavy atom. The molecule has 0 saturated heterocycles. The van der Waals surface area contributed by atoms with Crippen LogP contribution in [0.2, 0.25) is 5.02 Å². The Morgan fingerprint density at radius 2 is 1.66 bits per heavy atom. The maximum absolute atomic E-state index is 13.7. The Labute approximate surface area is 226 Å². The molecule has 2 atom stereocenters. The van der Waals surface area contributed by atoms with Crippen LogP contribution in [-0.2, 0) is 4.79 Å². The summed E-state index contributed by atoms with van der Waals surface area (Å²) in [7, 11) is 0. The lowest BCUT2D eigenvalue weighted by atomic mass is 9.96. The Morgan fingerprint density at radius 1 is 1.11 bits per heavy atom. The number of carboxylic acids is 2. The van der Waals surface area contributed by atoms with Crippen LogP contribution in [0, 0.1) is 5.92 Å². The minimum atomic E-state index is -5.19. The largest absolute Gasteiger partial charge is 0.542 e. The number of benzene rings is 2. The molecule has 0 radical (unpaired) electrons. The first-order valence-corrected chi connectivity index (χ1v) is 12.6. The van der Waals surface area contributed by atoms with E-state index in [0.717, 1.165) is 16.9 Å². The number of hydrogen-bond donors (Lipinski definition) is 2. The third-order valence-corrected chi connectivity index (χ3v) is 7.20. The van der Waals surface area contributed by atoms with Gasteiger partial charge in [-0.05, 0) is 29.7 Å². The van der Waals surface area contributed by atoms with Crippen molar-refractivity contribution in [3.8, 4) is 10.4 Å². The lowest BCUT2D eigenvalue weighted by Crippen LogP contribution is -2.63. The summed E-state index contributed by atoms with van der Waals surface area (Å²) < 4.78 is 31.5. The molecule has 0 aliphatic carbocycles. The van der Waals surface area contributed by atoms with E-state index in [9.17, 15) is 27.9 Å². The van der Waals surface area contributed by atoms with Crippen LogP contribution in [0.4, 0.5) is 18.9 Å². The molecular formula is C26H26ClF3N2O5S. The predicted octanol–water partition coefficient (Wildman–Crippen LogP) is 4.37. The van der Waals surface area contributed by atoms with E-state index in [2.05, 4.69) is 5.73 Å². The van der Waals surface area contributed by atoms with Crippen molar-refractivity contribution in [2.24, 2.45) is 5.92 Å². The molecule has 0 aliphatic heterocycles. The normalized spacial score (nSPS) is 12.6. The second-order valence-corrected chi connectivity index (χ2v) is 9.64. The predicted molar refractivity (Wildman–Crippen MR) is 137 cm³/mol. The van der Waals surface area contributed by atoms with E-state index >= 15 is 0 Å². The molecular weight excluding hydrogens is 545 g/mol. The van der Waals surface area contributed by atoms with Crippen LogP contribution >= 0.6 is 22.9 Å². The number of hydrogen-bond acceptors (Lipinski definition) is 5. The average molecular weight is 571 g/mol. The molecule has 7 nitrogen and oxygen atoms in total. The van der Waals surface area contributed by atoms with E-state index in [0.29, 0.717) is 22.8 Å². The average Bonchev–Trinajstić information content (AvgIpc) is 3.32. The van der Waals surface area contributed by atoms with Gasteiger partial charge in [-0.15, -0.1) is 11.3 Å². The quantitative estimate of drug-likeness (QED) is 0.416. The SMILES string of the molecule is CCC(C)C(C[NH3+])N(C(=O)c1ccccc1Cl)c1cc(-c2ccccc2)sc1C(=O)O.O=C([O-])C(F)(F)F. The van der Waals surface area contributed by atoms with Crippen LogP contribution in [0.1, 0.15) is 40.3 Å². The molecule has 1 heterocycles. The number of aliphatic carboxylic acids is 1. The summed E-state index contributed by atoms with van der Waals surface area (Å²) in [4.78, 5) is 37.2. The summed E-state index contributed by atoms with van der Waals surface area (Å²) in [6, 6.07) is 17.9. The van der Waals surface area contributed by atoms with Crippen molar-refractivity contribution in [2.75, 3.05) is 11.4 Å². The molecule has 2 aromatic carbocycles. The molecule has 0 spiro atoms. The number of rotatable bonds is 8. The zero-order valence-corrected chi connectivity index (χ0v) is 22.1. The van der Waals surface area contributed by atoms with Gasteiger partial charge in [0.05, 0.1) is 28.9 Å². The molecule has 0 fully saturated rings. The van der Waals surface area contributed by atoms with Crippen molar-refractivity contribution in [3.05, 3.63) is 76.1 Å². The van der Waals surface area contributed by atoms with Crippen molar-refractivity contribution in [1.29, 1.82) is 0 Å². The molecule has 0 aliphatic rings. The molecule has 3 rings (SSSR count). The number of thiophene rings is 1. The molecule has 2 unspecified atom stereocenters. The first-order valence-electron chi connectivity index (χ1n) is 11.4. The number of halogens is 4. The van der Waals surface area contributed by atoms with E-state index in [1.807, 2.05) is 44.2 Å². The number of anilines is 1. The highest BCUT2D eigenvalue weighted by Gasteiger charge is 2.35. The van der Waals surface area contributed by atoms with Gasteiger partial charge >= 0.3 is 12.1 Å². The first-order chi connectivity index (χ1) is 17.8. The van der Waals surface area contributed by atoms with E-state index in [1.165, 1.54) is 11.3 Å². The Hall–Kier alpha value is -3.41. The molecule has 204 valence electrons. The summed E-state index contributed by atoms with van der Waals surface area (Å²) in [5, 5.41) is 19.1. The second kappa shape index (κ2) is 13.4. The van der Waals surface area contributed by atoms with Crippen LogP contribution in [0.15, 0.2) is 60.7 Å². The number of alkyl halides is 3. The number of carbonyl (C=O) groups is 3. The van der Waals surface area contributed by atoms with Gasteiger partial charge in [0.2, 0.25) is 0 Å². The number of amides is 1. The smallest absolute Gasteiger partial charge is 0.430 e. The summed E-state index contributed by atoms with van der Waals surface area (Å²) in [5.74, 6) is -4.27. The van der Waals surface area contributed by atoms with Crippen molar-refractivity contribution in [3.63, 3.8) is 0 Å². The topological polar surface area (TPSA) is 125 Å². The van der Waals surface area contributed by atoms with Crippen molar-refractivity contribution in [2.45, 2.75) is 32.5 Å². The first kappa shape index (κ1) is 30.8. The molecule has 0 bridgehead atoms. The second-order valence-electron chi connectivity index (χ2n) is 8.18. The molecule has 4 N–H and O–H groups in total. The van der Waals surface area contributed by atoms with Gasteiger partial charge in [0.25, 0.3) is 5.91 Å². The summed E-state index contributed by atoms with van der Waals surface area (Å²) in [6.07, 6.45) is -4.37. The molecule has 38 heavy (non-hydrogen) atoms. The van der Waals surface area contributed by atoms with Gasteiger partial charge in [-0.25, -0.2) is 4.79 Å². The zero-order valence-electron chi connectivity index (χ0n) is 20.5. The van der Waals surface area contributed by atoms with E-state index < -0.39 is 18.1 Å². The molecule has 0 saturated carbocycles. The Balaban J connectivity index is 0.000000638. The van der Waals surface area contributed by atoms with Crippen LogP contribution < -0.4 is 15.7 Å². The maximum Gasteiger partial charge on any atom is 0.430 e. The number of carboxylic acid groups (broad SMARTS) is 2. The van der Waals surface area contributed by atoms with Crippen LogP contribution in [-0.4, -0.2) is 41.7 Å². The van der Waals surface area contributed by atoms with Gasteiger partial charge in [0, 0.05) is 4.88 Å².